The van der Waals surface area contributed by atoms with Crippen molar-refractivity contribution in [2.45, 2.75) is 24.8 Å². The molecule has 0 spiro atoms. The van der Waals surface area contributed by atoms with E-state index in [1.54, 1.807) is 6.07 Å². The van der Waals surface area contributed by atoms with Crippen molar-refractivity contribution in [3.63, 3.8) is 0 Å². The van der Waals surface area contributed by atoms with Crippen molar-refractivity contribution in [3.05, 3.63) is 30.0 Å². The number of carbonyl (C=O) groups is 1. The fraction of sp³-hybridized carbons (Fsp3) is 0.333. The Morgan fingerprint density at radius 2 is 2.05 bits per heavy atom. The molecule has 6 heteroatoms. The Morgan fingerprint density at radius 3 is 2.62 bits per heavy atom. The van der Waals surface area contributed by atoms with Crippen LogP contribution in [0.3, 0.4) is 0 Å². The Bertz CT molecular complexity index is 734. The normalized spacial score (nSPS) is 15.2. The first-order valence-corrected chi connectivity index (χ1v) is 6.73. The van der Waals surface area contributed by atoms with Crippen LogP contribution in [0.15, 0.2) is 24.3 Å². The minimum absolute atomic E-state index is 0.329. The van der Waals surface area contributed by atoms with Gasteiger partial charge in [-0.2, -0.15) is 5.26 Å². The van der Waals surface area contributed by atoms with Crippen LogP contribution < -0.4 is 5.32 Å². The summed E-state index contributed by atoms with van der Waals surface area (Å²) in [5.41, 5.74) is 1.71. The molecule has 1 saturated carbocycles. The molecular formula is C15H14N4O2. The fourth-order valence-electron chi connectivity index (χ4n) is 2.09. The predicted octanol–water partition coefficient (Wildman–Crippen LogP) is 1.98. The number of ether oxygens (including phenoxy) is 1. The van der Waals surface area contributed by atoms with Gasteiger partial charge in [-0.1, -0.05) is 12.1 Å². The molecule has 0 radical (unpaired) electrons. The van der Waals surface area contributed by atoms with Crippen molar-refractivity contribution in [1.29, 1.82) is 5.26 Å². The van der Waals surface area contributed by atoms with E-state index in [0.717, 1.165) is 18.4 Å². The lowest BCUT2D eigenvalue weighted by atomic mass is 10.1. The zero-order valence-electron chi connectivity index (χ0n) is 11.5. The largest absolute Gasteiger partial charge is 0.468 e. The molecule has 0 aliphatic heterocycles. The molecule has 1 aliphatic carbocycles. The monoisotopic (exact) mass is 282 g/mol. The van der Waals surface area contributed by atoms with Crippen LogP contribution >= 0.6 is 0 Å². The Balaban J connectivity index is 2.12. The summed E-state index contributed by atoms with van der Waals surface area (Å²) >= 11 is 0. The predicted molar refractivity (Wildman–Crippen MR) is 76.6 cm³/mol. The summed E-state index contributed by atoms with van der Waals surface area (Å²) in [7, 11) is 1.26. The quantitative estimate of drug-likeness (QED) is 0.863. The number of carbonyl (C=O) groups excluding carboxylic acids is 1. The lowest BCUT2D eigenvalue weighted by Gasteiger charge is -2.13. The molecule has 1 aromatic heterocycles. The number of benzene rings is 1. The van der Waals surface area contributed by atoms with E-state index >= 15 is 0 Å². The number of esters is 1. The van der Waals surface area contributed by atoms with E-state index in [-0.39, 0.29) is 0 Å². The number of hydrogen-bond donors (Lipinski definition) is 1. The minimum atomic E-state index is -1.08. The molecule has 1 atom stereocenters. The minimum Gasteiger partial charge on any atom is -0.468 e. The summed E-state index contributed by atoms with van der Waals surface area (Å²) in [4.78, 5) is 20.7. The molecule has 2 aromatic rings. The molecule has 1 heterocycles. The molecular weight excluding hydrogens is 268 g/mol. The third-order valence-corrected chi connectivity index (χ3v) is 3.36. The number of para-hydroxylation sites is 2. The van der Waals surface area contributed by atoms with Crippen LogP contribution in [0.25, 0.3) is 11.0 Å². The molecule has 106 valence electrons. The molecule has 1 fully saturated rings. The molecule has 0 unspecified atom stereocenters. The highest BCUT2D eigenvalue weighted by molar-refractivity contribution is 5.85. The molecule has 3 rings (SSSR count). The van der Waals surface area contributed by atoms with Crippen LogP contribution in [0.1, 0.15) is 24.5 Å². The molecule has 6 nitrogen and oxygen atoms in total. The Morgan fingerprint density at radius 1 is 1.38 bits per heavy atom. The van der Waals surface area contributed by atoms with E-state index in [2.05, 4.69) is 20.0 Å². The average Bonchev–Trinajstić information content (AvgIpc) is 3.32. The summed E-state index contributed by atoms with van der Waals surface area (Å²) in [5.74, 6) is -1.21. The number of fused-ring (bicyclic) bond motifs is 1. The molecule has 1 aromatic carbocycles. The van der Waals surface area contributed by atoms with Gasteiger partial charge in [-0.25, -0.2) is 9.97 Å². The first kappa shape index (κ1) is 13.3. The highest BCUT2D eigenvalue weighted by atomic mass is 16.5. The van der Waals surface area contributed by atoms with Crippen LogP contribution in [0.2, 0.25) is 0 Å². The maximum Gasteiger partial charge on any atom is 0.329 e. The van der Waals surface area contributed by atoms with Gasteiger partial charge in [0.2, 0.25) is 0 Å². The number of aromatic nitrogens is 2. The van der Waals surface area contributed by atoms with Gasteiger partial charge in [-0.05, 0) is 25.0 Å². The summed E-state index contributed by atoms with van der Waals surface area (Å²) in [5, 5.41) is 12.5. The number of anilines is 1. The number of methoxy groups -OCH3 is 1. The van der Waals surface area contributed by atoms with Crippen LogP contribution in [0.4, 0.5) is 5.82 Å². The van der Waals surface area contributed by atoms with Crippen molar-refractivity contribution < 1.29 is 9.53 Å². The molecule has 0 amide bonds. The van der Waals surface area contributed by atoms with Crippen LogP contribution in [0, 0.1) is 11.3 Å². The lowest BCUT2D eigenvalue weighted by Crippen LogP contribution is -2.18. The topological polar surface area (TPSA) is 87.9 Å². The molecule has 0 bridgehead atoms. The van der Waals surface area contributed by atoms with Gasteiger partial charge in [-0.15, -0.1) is 0 Å². The number of nitriles is 1. The summed E-state index contributed by atoms with van der Waals surface area (Å²) in [6.07, 6.45) is 2.12. The van der Waals surface area contributed by atoms with Gasteiger partial charge in [0.1, 0.15) is 5.69 Å². The molecule has 1 aliphatic rings. The van der Waals surface area contributed by atoms with E-state index in [1.807, 2.05) is 24.3 Å². The number of rotatable bonds is 4. The third kappa shape index (κ3) is 2.63. The molecule has 1 N–H and O–H groups in total. The maximum absolute atomic E-state index is 11.8. The van der Waals surface area contributed by atoms with Crippen molar-refractivity contribution >= 4 is 22.8 Å². The molecule has 21 heavy (non-hydrogen) atoms. The maximum atomic E-state index is 11.8. The van der Waals surface area contributed by atoms with Gasteiger partial charge in [0, 0.05) is 6.04 Å². The average molecular weight is 282 g/mol. The number of hydrogen-bond acceptors (Lipinski definition) is 6. The van der Waals surface area contributed by atoms with Gasteiger partial charge in [0.05, 0.1) is 24.2 Å². The third-order valence-electron chi connectivity index (χ3n) is 3.36. The standard InChI is InChI=1S/C15H14N4O2/c1-21-15(20)10(8-16)13-14(17-9-6-7-9)19-12-5-3-2-4-11(12)18-13/h2-5,9-10H,6-7H2,1H3,(H,17,19)/t10-/m1/s1. The van der Waals surface area contributed by atoms with Gasteiger partial charge >= 0.3 is 5.97 Å². The first-order valence-electron chi connectivity index (χ1n) is 6.73. The van der Waals surface area contributed by atoms with Gasteiger partial charge in [0.25, 0.3) is 0 Å². The second-order valence-electron chi connectivity index (χ2n) is 4.95. The van der Waals surface area contributed by atoms with E-state index < -0.39 is 11.9 Å². The number of nitrogens with one attached hydrogen (secondary N) is 1. The second kappa shape index (κ2) is 5.37. The zero-order valence-corrected chi connectivity index (χ0v) is 11.5. The highest BCUT2D eigenvalue weighted by Gasteiger charge is 2.30. The van der Waals surface area contributed by atoms with Crippen molar-refractivity contribution in [3.8, 4) is 6.07 Å². The number of nitrogens with zero attached hydrogens (tertiary/aromatic N) is 3. The van der Waals surface area contributed by atoms with E-state index in [1.165, 1.54) is 7.11 Å². The summed E-state index contributed by atoms with van der Waals surface area (Å²) in [6, 6.07) is 9.67. The van der Waals surface area contributed by atoms with Crippen LogP contribution in [-0.4, -0.2) is 29.1 Å². The smallest absolute Gasteiger partial charge is 0.329 e. The molecule has 0 saturated heterocycles. The summed E-state index contributed by atoms with van der Waals surface area (Å²) < 4.78 is 4.69. The zero-order chi connectivity index (χ0) is 14.8. The van der Waals surface area contributed by atoms with E-state index in [4.69, 9.17) is 0 Å². The Labute approximate surface area is 121 Å². The summed E-state index contributed by atoms with van der Waals surface area (Å²) in [6.45, 7) is 0. The lowest BCUT2D eigenvalue weighted by molar-refractivity contribution is -0.141. The van der Waals surface area contributed by atoms with Crippen LogP contribution in [0.5, 0.6) is 0 Å². The Kier molecular flexibility index (Phi) is 3.40. The van der Waals surface area contributed by atoms with E-state index in [9.17, 15) is 10.1 Å². The Hall–Kier alpha value is -2.68. The van der Waals surface area contributed by atoms with E-state index in [0.29, 0.717) is 23.1 Å². The van der Waals surface area contributed by atoms with Crippen molar-refractivity contribution in [2.24, 2.45) is 0 Å². The van der Waals surface area contributed by atoms with Crippen molar-refractivity contribution in [1.82, 2.24) is 9.97 Å². The van der Waals surface area contributed by atoms with Gasteiger partial charge < -0.3 is 10.1 Å². The van der Waals surface area contributed by atoms with Gasteiger partial charge in [-0.3, -0.25) is 4.79 Å². The van der Waals surface area contributed by atoms with Crippen molar-refractivity contribution in [2.75, 3.05) is 12.4 Å². The van der Waals surface area contributed by atoms with Crippen LogP contribution in [-0.2, 0) is 9.53 Å². The first-order chi connectivity index (χ1) is 10.2. The second-order valence-corrected chi connectivity index (χ2v) is 4.95. The fourth-order valence-corrected chi connectivity index (χ4v) is 2.09. The highest BCUT2D eigenvalue weighted by Crippen LogP contribution is 2.30. The van der Waals surface area contributed by atoms with Gasteiger partial charge in [0.15, 0.2) is 11.7 Å². The SMILES string of the molecule is COC(=O)[C@H](C#N)c1nc2ccccc2nc1NC1CC1.